The second-order valence-corrected chi connectivity index (χ2v) is 7.57. The van der Waals surface area contributed by atoms with Crippen LogP contribution in [0.2, 0.25) is 5.02 Å². The fraction of sp³-hybridized carbons (Fsp3) is 0.174. The number of nitrogens with one attached hydrogen (secondary N) is 1. The third-order valence-corrected chi connectivity index (χ3v) is 5.41. The maximum absolute atomic E-state index is 12.5. The molecule has 3 aromatic rings. The van der Waals surface area contributed by atoms with Crippen LogP contribution in [0.4, 0.5) is 11.5 Å². The first-order valence-electron chi connectivity index (χ1n) is 9.77. The number of carbonyl (C=O) groups excluding carboxylic acids is 2. The number of amides is 1. The van der Waals surface area contributed by atoms with Crippen LogP contribution >= 0.6 is 11.6 Å². The number of carbonyl (C=O) groups is 2. The zero-order valence-electron chi connectivity index (χ0n) is 17.8. The topological polar surface area (TPSA) is 127 Å². The smallest absolute Gasteiger partial charge is 0.340 e. The Morgan fingerprint density at radius 1 is 1.21 bits per heavy atom. The molecule has 0 fully saturated rings. The van der Waals surface area contributed by atoms with E-state index in [0.29, 0.717) is 17.9 Å². The molecule has 0 aliphatic heterocycles. The van der Waals surface area contributed by atoms with Gasteiger partial charge in [-0.15, -0.1) is 0 Å². The molecule has 1 amide bonds. The van der Waals surface area contributed by atoms with E-state index >= 15 is 0 Å². The quantitative estimate of drug-likeness (QED) is 0.312. The molecule has 1 N–H and O–H groups in total. The van der Waals surface area contributed by atoms with Crippen molar-refractivity contribution in [2.24, 2.45) is 0 Å². The van der Waals surface area contributed by atoms with Crippen molar-refractivity contribution in [2.45, 2.75) is 20.4 Å². The Bertz CT molecular complexity index is 1280. The monoisotopic (exact) mass is 466 g/mol. The van der Waals surface area contributed by atoms with Gasteiger partial charge in [0.05, 0.1) is 21.1 Å². The summed E-state index contributed by atoms with van der Waals surface area (Å²) in [5.41, 5.74) is 2.48. The highest BCUT2D eigenvalue weighted by atomic mass is 35.5. The zero-order chi connectivity index (χ0) is 24.1. The maximum atomic E-state index is 12.5. The summed E-state index contributed by atoms with van der Waals surface area (Å²) in [6.45, 7) is 3.45. The van der Waals surface area contributed by atoms with Crippen LogP contribution in [-0.4, -0.2) is 28.0 Å². The SMILES string of the molecule is Cc1c(C#N)c(NC(=O)COC(=O)c2ccc([N+](=O)[O-])cc2Cl)n(Cc2ccccc2)c1C. The van der Waals surface area contributed by atoms with Crippen LogP contribution in [0.1, 0.15) is 32.7 Å². The third-order valence-electron chi connectivity index (χ3n) is 5.10. The van der Waals surface area contributed by atoms with E-state index in [-0.39, 0.29) is 16.3 Å². The van der Waals surface area contributed by atoms with Crippen molar-refractivity contribution in [3.8, 4) is 6.07 Å². The zero-order valence-corrected chi connectivity index (χ0v) is 18.5. The molecule has 0 saturated heterocycles. The van der Waals surface area contributed by atoms with Gasteiger partial charge in [0.25, 0.3) is 11.6 Å². The number of nitrogens with zero attached hydrogens (tertiary/aromatic N) is 3. The molecular weight excluding hydrogens is 448 g/mol. The first-order valence-corrected chi connectivity index (χ1v) is 10.1. The molecule has 1 heterocycles. The number of ether oxygens (including phenoxy) is 1. The lowest BCUT2D eigenvalue weighted by atomic mass is 10.2. The van der Waals surface area contributed by atoms with Crippen LogP contribution in [0.5, 0.6) is 0 Å². The number of nitro groups is 1. The number of hydrogen-bond donors (Lipinski definition) is 1. The Hall–Kier alpha value is -4.16. The van der Waals surface area contributed by atoms with Crippen LogP contribution < -0.4 is 5.32 Å². The first kappa shape index (κ1) is 23.5. The Balaban J connectivity index is 1.75. The molecule has 0 aliphatic carbocycles. The second-order valence-electron chi connectivity index (χ2n) is 7.16. The molecular formula is C23H19ClN4O5. The summed E-state index contributed by atoms with van der Waals surface area (Å²) >= 11 is 5.93. The number of aromatic nitrogens is 1. The Morgan fingerprint density at radius 3 is 2.52 bits per heavy atom. The summed E-state index contributed by atoms with van der Waals surface area (Å²) in [6.07, 6.45) is 0. The minimum Gasteiger partial charge on any atom is -0.452 e. The number of halogens is 1. The minimum atomic E-state index is -0.905. The van der Waals surface area contributed by atoms with E-state index in [0.717, 1.165) is 35.0 Å². The van der Waals surface area contributed by atoms with E-state index in [9.17, 15) is 25.0 Å². The number of nitro benzene ring substituents is 1. The molecule has 0 saturated carbocycles. The molecule has 3 rings (SSSR count). The van der Waals surface area contributed by atoms with Gasteiger partial charge in [-0.2, -0.15) is 5.26 Å². The molecule has 0 bridgehead atoms. The molecule has 2 aromatic carbocycles. The van der Waals surface area contributed by atoms with Crippen LogP contribution in [0, 0.1) is 35.3 Å². The van der Waals surface area contributed by atoms with Gasteiger partial charge in [0.15, 0.2) is 6.61 Å². The summed E-state index contributed by atoms with van der Waals surface area (Å²) in [7, 11) is 0. The maximum Gasteiger partial charge on any atom is 0.340 e. The van der Waals surface area contributed by atoms with Crippen LogP contribution in [0.25, 0.3) is 0 Å². The van der Waals surface area contributed by atoms with E-state index in [2.05, 4.69) is 11.4 Å². The van der Waals surface area contributed by atoms with Crippen molar-refractivity contribution in [3.05, 3.63) is 91.6 Å². The van der Waals surface area contributed by atoms with Crippen molar-refractivity contribution >= 4 is 35.0 Å². The molecule has 168 valence electrons. The van der Waals surface area contributed by atoms with Gasteiger partial charge in [-0.3, -0.25) is 14.9 Å². The molecule has 1 aromatic heterocycles. The molecule has 33 heavy (non-hydrogen) atoms. The van der Waals surface area contributed by atoms with Gasteiger partial charge < -0.3 is 14.6 Å². The molecule has 9 nitrogen and oxygen atoms in total. The predicted molar refractivity (Wildman–Crippen MR) is 121 cm³/mol. The van der Waals surface area contributed by atoms with Gasteiger partial charge >= 0.3 is 5.97 Å². The Kier molecular flexibility index (Phi) is 7.10. The van der Waals surface area contributed by atoms with E-state index in [1.54, 1.807) is 6.92 Å². The van der Waals surface area contributed by atoms with E-state index < -0.39 is 23.4 Å². The average molecular weight is 467 g/mol. The number of esters is 1. The van der Waals surface area contributed by atoms with Gasteiger partial charge in [-0.1, -0.05) is 41.9 Å². The number of non-ortho nitro benzene ring substituents is 1. The summed E-state index contributed by atoms with van der Waals surface area (Å²) in [4.78, 5) is 35.0. The summed E-state index contributed by atoms with van der Waals surface area (Å²) in [5.74, 6) is -1.24. The molecule has 0 radical (unpaired) electrons. The lowest BCUT2D eigenvalue weighted by Crippen LogP contribution is -2.23. The lowest BCUT2D eigenvalue weighted by Gasteiger charge is -2.13. The van der Waals surface area contributed by atoms with Gasteiger partial charge in [0, 0.05) is 24.4 Å². The van der Waals surface area contributed by atoms with E-state index in [4.69, 9.17) is 16.3 Å². The highest BCUT2D eigenvalue weighted by molar-refractivity contribution is 6.33. The van der Waals surface area contributed by atoms with Crippen molar-refractivity contribution in [1.82, 2.24) is 4.57 Å². The van der Waals surface area contributed by atoms with E-state index in [1.807, 2.05) is 41.8 Å². The van der Waals surface area contributed by atoms with Crippen LogP contribution in [-0.2, 0) is 16.1 Å². The van der Waals surface area contributed by atoms with Crippen LogP contribution in [0.15, 0.2) is 48.5 Å². The summed E-state index contributed by atoms with van der Waals surface area (Å²) < 4.78 is 6.83. The normalized spacial score (nSPS) is 10.4. The predicted octanol–water partition coefficient (Wildman–Crippen LogP) is 4.38. The number of benzene rings is 2. The van der Waals surface area contributed by atoms with Gasteiger partial charge in [0.2, 0.25) is 0 Å². The Morgan fingerprint density at radius 2 is 1.91 bits per heavy atom. The molecule has 0 atom stereocenters. The fourth-order valence-corrected chi connectivity index (χ4v) is 3.51. The molecule has 0 unspecified atom stereocenters. The van der Waals surface area contributed by atoms with Gasteiger partial charge in [-0.25, -0.2) is 4.79 Å². The number of rotatable bonds is 7. The standard InChI is InChI=1S/C23H19ClN4O5/c1-14-15(2)27(12-16-6-4-3-5-7-16)22(19(14)11-25)26-21(29)13-33-23(30)18-9-8-17(28(31)32)10-20(18)24/h3-10H,12-13H2,1-2H3,(H,26,29). The average Bonchev–Trinajstić information content (AvgIpc) is 3.01. The second kappa shape index (κ2) is 9.97. The number of hydrogen-bond acceptors (Lipinski definition) is 6. The highest BCUT2D eigenvalue weighted by Crippen LogP contribution is 2.27. The summed E-state index contributed by atoms with van der Waals surface area (Å²) in [5, 5.41) is 22.9. The van der Waals surface area contributed by atoms with Crippen molar-refractivity contribution < 1.29 is 19.2 Å². The third kappa shape index (κ3) is 5.19. The first-order chi connectivity index (χ1) is 15.7. The minimum absolute atomic E-state index is 0.105. The number of nitriles is 1. The fourth-order valence-electron chi connectivity index (χ4n) is 3.25. The largest absolute Gasteiger partial charge is 0.452 e. The lowest BCUT2D eigenvalue weighted by molar-refractivity contribution is -0.384. The summed E-state index contributed by atoms with van der Waals surface area (Å²) in [6, 6.07) is 15.0. The number of anilines is 1. The molecule has 10 heteroatoms. The Labute approximate surface area is 194 Å². The highest BCUT2D eigenvalue weighted by Gasteiger charge is 2.21. The van der Waals surface area contributed by atoms with E-state index in [1.165, 1.54) is 0 Å². The van der Waals surface area contributed by atoms with Crippen molar-refractivity contribution in [1.29, 1.82) is 5.26 Å². The van der Waals surface area contributed by atoms with Gasteiger partial charge in [-0.05, 0) is 31.0 Å². The van der Waals surface area contributed by atoms with Crippen LogP contribution in [0.3, 0.4) is 0 Å². The van der Waals surface area contributed by atoms with Gasteiger partial charge in [0.1, 0.15) is 11.9 Å². The van der Waals surface area contributed by atoms with Crippen molar-refractivity contribution in [2.75, 3.05) is 11.9 Å². The molecule has 0 spiro atoms. The van der Waals surface area contributed by atoms with Crippen molar-refractivity contribution in [3.63, 3.8) is 0 Å². The molecule has 0 aliphatic rings.